The highest BCUT2D eigenvalue weighted by atomic mass is 19.1. The number of hydrogen-bond acceptors (Lipinski definition) is 3. The van der Waals surface area contributed by atoms with Crippen molar-refractivity contribution in [3.8, 4) is 6.07 Å². The molecular weight excluding hydrogens is 235 g/mol. The maximum absolute atomic E-state index is 12.9. The van der Waals surface area contributed by atoms with Crippen LogP contribution in [0.1, 0.15) is 25.8 Å². The van der Waals surface area contributed by atoms with Gasteiger partial charge in [0.2, 0.25) is 0 Å². The van der Waals surface area contributed by atoms with Gasteiger partial charge in [-0.3, -0.25) is 4.79 Å². The fourth-order valence-corrected chi connectivity index (χ4v) is 1.41. The van der Waals surface area contributed by atoms with Crippen LogP contribution in [0.2, 0.25) is 0 Å². The number of halogens is 1. The number of carboxylic acid groups (broad SMARTS) is 1. The average molecular weight is 250 g/mol. The topological polar surface area (TPSA) is 73.1 Å². The van der Waals surface area contributed by atoms with Gasteiger partial charge in [-0.25, -0.2) is 4.39 Å². The van der Waals surface area contributed by atoms with Crippen LogP contribution >= 0.6 is 0 Å². The first kappa shape index (κ1) is 14.0. The molecule has 1 unspecified atom stereocenters. The van der Waals surface area contributed by atoms with Crippen LogP contribution in [0.15, 0.2) is 18.2 Å². The molecule has 5 heteroatoms. The van der Waals surface area contributed by atoms with E-state index in [9.17, 15) is 9.18 Å². The highest BCUT2D eigenvalue weighted by Crippen LogP contribution is 2.24. The van der Waals surface area contributed by atoms with Crippen molar-refractivity contribution in [1.29, 1.82) is 5.26 Å². The van der Waals surface area contributed by atoms with Crippen LogP contribution in [0, 0.1) is 22.6 Å². The quantitative estimate of drug-likeness (QED) is 0.842. The molecule has 4 nitrogen and oxygen atoms in total. The van der Waals surface area contributed by atoms with E-state index in [4.69, 9.17) is 10.4 Å². The summed E-state index contributed by atoms with van der Waals surface area (Å²) in [5.41, 5.74) is -0.306. The molecule has 1 atom stereocenters. The zero-order chi connectivity index (χ0) is 13.8. The molecule has 18 heavy (non-hydrogen) atoms. The van der Waals surface area contributed by atoms with E-state index in [-0.39, 0.29) is 12.1 Å². The van der Waals surface area contributed by atoms with E-state index in [0.29, 0.717) is 12.1 Å². The third-order valence-electron chi connectivity index (χ3n) is 3.07. The molecule has 2 N–H and O–H groups in total. The van der Waals surface area contributed by atoms with E-state index in [1.165, 1.54) is 12.1 Å². The molecule has 1 rings (SSSR count). The predicted octanol–water partition coefficient (Wildman–Crippen LogP) is 2.61. The van der Waals surface area contributed by atoms with Gasteiger partial charge in [0.05, 0.1) is 16.7 Å². The van der Waals surface area contributed by atoms with E-state index in [0.717, 1.165) is 6.07 Å². The summed E-state index contributed by atoms with van der Waals surface area (Å²) in [5, 5.41) is 20.9. The van der Waals surface area contributed by atoms with Crippen molar-refractivity contribution >= 4 is 11.7 Å². The number of carboxylic acids is 1. The van der Waals surface area contributed by atoms with E-state index < -0.39 is 17.2 Å². The van der Waals surface area contributed by atoms with Gasteiger partial charge in [-0.05, 0) is 31.5 Å². The van der Waals surface area contributed by atoms with Crippen molar-refractivity contribution in [2.75, 3.05) is 11.9 Å². The molecule has 0 radical (unpaired) electrons. The van der Waals surface area contributed by atoms with E-state index >= 15 is 0 Å². The van der Waals surface area contributed by atoms with Crippen molar-refractivity contribution in [2.45, 2.75) is 20.3 Å². The van der Waals surface area contributed by atoms with Gasteiger partial charge >= 0.3 is 5.97 Å². The summed E-state index contributed by atoms with van der Waals surface area (Å²) in [5.74, 6) is -1.40. The second-order valence-electron chi connectivity index (χ2n) is 4.37. The lowest BCUT2D eigenvalue weighted by Crippen LogP contribution is -2.34. The zero-order valence-corrected chi connectivity index (χ0v) is 10.3. The standard InChI is InChI=1S/C13H15FN2O2/c1-3-13(2,12(17)18)8-16-11-5-4-10(14)6-9(11)7-15/h4-6,16H,3,8H2,1-2H3,(H,17,18). The van der Waals surface area contributed by atoms with E-state index in [1.54, 1.807) is 13.8 Å². The number of hydrogen-bond donors (Lipinski definition) is 2. The minimum Gasteiger partial charge on any atom is -0.481 e. The highest BCUT2D eigenvalue weighted by Gasteiger charge is 2.30. The van der Waals surface area contributed by atoms with Gasteiger partial charge in [0.15, 0.2) is 0 Å². The van der Waals surface area contributed by atoms with Crippen LogP contribution in [-0.2, 0) is 4.79 Å². The van der Waals surface area contributed by atoms with Crippen LogP contribution in [0.5, 0.6) is 0 Å². The Labute approximate surface area is 105 Å². The Morgan fingerprint density at radius 1 is 1.61 bits per heavy atom. The SMILES string of the molecule is CCC(C)(CNc1ccc(F)cc1C#N)C(=O)O. The molecule has 0 aliphatic rings. The van der Waals surface area contributed by atoms with Gasteiger partial charge in [-0.1, -0.05) is 6.92 Å². The summed E-state index contributed by atoms with van der Waals surface area (Å²) in [6.07, 6.45) is 0.457. The Morgan fingerprint density at radius 2 is 2.28 bits per heavy atom. The largest absolute Gasteiger partial charge is 0.481 e. The minimum absolute atomic E-state index is 0.166. The highest BCUT2D eigenvalue weighted by molar-refractivity contribution is 5.75. The average Bonchev–Trinajstić information content (AvgIpc) is 2.36. The van der Waals surface area contributed by atoms with Crippen molar-refractivity contribution in [1.82, 2.24) is 0 Å². The van der Waals surface area contributed by atoms with Crippen molar-refractivity contribution < 1.29 is 14.3 Å². The van der Waals surface area contributed by atoms with Crippen molar-refractivity contribution in [3.63, 3.8) is 0 Å². The van der Waals surface area contributed by atoms with Crippen LogP contribution < -0.4 is 5.32 Å². The fraction of sp³-hybridized carbons (Fsp3) is 0.385. The molecule has 0 aliphatic heterocycles. The lowest BCUT2D eigenvalue weighted by atomic mass is 9.87. The second-order valence-corrected chi connectivity index (χ2v) is 4.37. The Morgan fingerprint density at radius 3 is 2.78 bits per heavy atom. The van der Waals surface area contributed by atoms with Crippen molar-refractivity contribution in [3.05, 3.63) is 29.6 Å². The number of carbonyl (C=O) groups is 1. The van der Waals surface area contributed by atoms with E-state index in [2.05, 4.69) is 5.32 Å². The molecule has 0 saturated carbocycles. The Kier molecular flexibility index (Phi) is 4.27. The molecule has 0 saturated heterocycles. The lowest BCUT2D eigenvalue weighted by Gasteiger charge is -2.24. The summed E-state index contributed by atoms with van der Waals surface area (Å²) >= 11 is 0. The first-order chi connectivity index (χ1) is 8.42. The van der Waals surface area contributed by atoms with Crippen LogP contribution in [0.4, 0.5) is 10.1 Å². The first-order valence-electron chi connectivity index (χ1n) is 5.60. The van der Waals surface area contributed by atoms with Gasteiger partial charge in [0.25, 0.3) is 0 Å². The third-order valence-corrected chi connectivity index (χ3v) is 3.07. The number of nitrogens with one attached hydrogen (secondary N) is 1. The van der Waals surface area contributed by atoms with Crippen LogP contribution in [0.3, 0.4) is 0 Å². The third kappa shape index (κ3) is 2.98. The maximum atomic E-state index is 12.9. The number of rotatable bonds is 5. The lowest BCUT2D eigenvalue weighted by molar-refractivity contribution is -0.147. The van der Waals surface area contributed by atoms with Crippen molar-refractivity contribution in [2.24, 2.45) is 5.41 Å². The first-order valence-corrected chi connectivity index (χ1v) is 5.60. The number of nitrogens with zero attached hydrogens (tertiary/aromatic N) is 1. The van der Waals surface area contributed by atoms with Gasteiger partial charge in [-0.15, -0.1) is 0 Å². The maximum Gasteiger partial charge on any atom is 0.311 e. The molecule has 1 aromatic rings. The fourth-order valence-electron chi connectivity index (χ4n) is 1.41. The number of anilines is 1. The van der Waals surface area contributed by atoms with Gasteiger partial charge in [-0.2, -0.15) is 5.26 Å². The monoisotopic (exact) mass is 250 g/mol. The normalized spacial score (nSPS) is 13.4. The Balaban J connectivity index is 2.87. The number of benzene rings is 1. The molecule has 0 bridgehead atoms. The minimum atomic E-state index is -0.916. The molecule has 0 fully saturated rings. The van der Waals surface area contributed by atoms with Gasteiger partial charge in [0, 0.05) is 6.54 Å². The summed E-state index contributed by atoms with van der Waals surface area (Å²) in [6.45, 7) is 3.59. The number of nitriles is 1. The molecule has 96 valence electrons. The molecule has 0 spiro atoms. The molecule has 0 aliphatic carbocycles. The Bertz CT molecular complexity index is 496. The molecule has 0 aromatic heterocycles. The zero-order valence-electron chi connectivity index (χ0n) is 10.3. The Hall–Kier alpha value is -2.09. The molecule has 0 amide bonds. The summed E-state index contributed by atoms with van der Waals surface area (Å²) in [7, 11) is 0. The van der Waals surface area contributed by atoms with Crippen LogP contribution in [0.25, 0.3) is 0 Å². The number of aliphatic carboxylic acids is 1. The summed E-state index contributed by atoms with van der Waals surface area (Å²) < 4.78 is 12.9. The van der Waals surface area contributed by atoms with Gasteiger partial charge in [0.1, 0.15) is 11.9 Å². The molecule has 0 heterocycles. The van der Waals surface area contributed by atoms with Crippen LogP contribution in [-0.4, -0.2) is 17.6 Å². The summed E-state index contributed by atoms with van der Waals surface area (Å²) in [4.78, 5) is 11.1. The predicted molar refractivity (Wildman–Crippen MR) is 65.6 cm³/mol. The smallest absolute Gasteiger partial charge is 0.311 e. The summed E-state index contributed by atoms with van der Waals surface area (Å²) in [6, 6.07) is 5.65. The second kappa shape index (κ2) is 5.50. The molecular formula is C13H15FN2O2. The van der Waals surface area contributed by atoms with Gasteiger partial charge < -0.3 is 10.4 Å². The van der Waals surface area contributed by atoms with E-state index in [1.807, 2.05) is 6.07 Å². The molecule has 1 aromatic carbocycles.